The Labute approximate surface area is 98.2 Å². The molecule has 0 bridgehead atoms. The molecule has 0 radical (unpaired) electrons. The molecule has 17 heavy (non-hydrogen) atoms. The van der Waals surface area contributed by atoms with Crippen molar-refractivity contribution in [1.29, 1.82) is 0 Å². The smallest absolute Gasteiger partial charge is 0.284 e. The summed E-state index contributed by atoms with van der Waals surface area (Å²) in [4.78, 5) is 18.4. The largest absolute Gasteiger partial charge is 0.507 e. The lowest BCUT2D eigenvalue weighted by Crippen LogP contribution is -2.10. The number of aromatic hydroxyl groups is 1. The number of nitrogens with two attached hydrogens (primary N) is 1. The summed E-state index contributed by atoms with van der Waals surface area (Å²) >= 11 is 0. The van der Waals surface area contributed by atoms with Crippen LogP contribution in [-0.4, -0.2) is 24.0 Å². The van der Waals surface area contributed by atoms with Gasteiger partial charge in [-0.25, -0.2) is 4.85 Å². The van der Waals surface area contributed by atoms with E-state index in [4.69, 9.17) is 17.0 Å². The zero-order chi connectivity index (χ0) is 13.0. The minimum Gasteiger partial charge on any atom is -0.507 e. The lowest BCUT2D eigenvalue weighted by atomic mass is 10.1. The molecule has 0 saturated carbocycles. The molecule has 0 aromatic heterocycles. The predicted octanol–water partition coefficient (Wildman–Crippen LogP) is 1.47. The highest BCUT2D eigenvalue weighted by Crippen LogP contribution is 2.37. The second-order valence-electron chi connectivity index (χ2n) is 3.18. The molecule has 0 fully saturated rings. The molecule has 0 atom stereocenters. The Bertz CT molecular complexity index is 525. The SMILES string of the molecule is [C-]#[N+]c1ccc(O)c(C(=O)N=C(C)N)c1OC. The van der Waals surface area contributed by atoms with Crippen molar-refractivity contribution in [3.8, 4) is 11.5 Å². The van der Waals surface area contributed by atoms with E-state index in [0.29, 0.717) is 0 Å². The van der Waals surface area contributed by atoms with Crippen LogP contribution in [-0.2, 0) is 0 Å². The third-order valence-corrected chi connectivity index (χ3v) is 1.93. The molecular weight excluding hydrogens is 222 g/mol. The van der Waals surface area contributed by atoms with Gasteiger partial charge >= 0.3 is 0 Å². The van der Waals surface area contributed by atoms with Crippen molar-refractivity contribution >= 4 is 17.4 Å². The van der Waals surface area contributed by atoms with E-state index in [1.54, 1.807) is 0 Å². The Morgan fingerprint density at radius 1 is 1.59 bits per heavy atom. The minimum atomic E-state index is -0.746. The minimum absolute atomic E-state index is 0.00463. The molecule has 0 aliphatic heterocycles. The van der Waals surface area contributed by atoms with Crippen LogP contribution in [0.3, 0.4) is 0 Å². The molecule has 0 unspecified atom stereocenters. The Morgan fingerprint density at radius 3 is 2.71 bits per heavy atom. The molecule has 88 valence electrons. The van der Waals surface area contributed by atoms with Gasteiger partial charge in [0.1, 0.15) is 22.9 Å². The Kier molecular flexibility index (Phi) is 3.67. The van der Waals surface area contributed by atoms with Gasteiger partial charge < -0.3 is 15.6 Å². The summed E-state index contributed by atoms with van der Waals surface area (Å²) in [5, 5.41) is 9.61. The van der Waals surface area contributed by atoms with Gasteiger partial charge in [0.15, 0.2) is 0 Å². The van der Waals surface area contributed by atoms with Crippen LogP contribution in [0.4, 0.5) is 5.69 Å². The number of phenolic OH excluding ortho intramolecular Hbond substituents is 1. The highest BCUT2D eigenvalue weighted by Gasteiger charge is 2.20. The Balaban J connectivity index is 3.46. The van der Waals surface area contributed by atoms with Crippen molar-refractivity contribution in [2.75, 3.05) is 7.11 Å². The molecule has 6 nitrogen and oxygen atoms in total. The van der Waals surface area contributed by atoms with Crippen molar-refractivity contribution in [3.63, 3.8) is 0 Å². The van der Waals surface area contributed by atoms with E-state index < -0.39 is 5.91 Å². The van der Waals surface area contributed by atoms with Crippen LogP contribution >= 0.6 is 0 Å². The van der Waals surface area contributed by atoms with Gasteiger partial charge in [0, 0.05) is 0 Å². The predicted molar refractivity (Wildman–Crippen MR) is 62.5 cm³/mol. The number of benzene rings is 1. The third-order valence-electron chi connectivity index (χ3n) is 1.93. The van der Waals surface area contributed by atoms with Gasteiger partial charge in [-0.2, -0.15) is 4.99 Å². The number of carbonyl (C=O) groups excluding carboxylic acids is 1. The molecule has 6 heteroatoms. The van der Waals surface area contributed by atoms with Crippen molar-refractivity contribution in [1.82, 2.24) is 0 Å². The number of amidine groups is 1. The Hall–Kier alpha value is -2.55. The van der Waals surface area contributed by atoms with Crippen molar-refractivity contribution in [3.05, 3.63) is 29.1 Å². The van der Waals surface area contributed by atoms with Crippen LogP contribution in [0.1, 0.15) is 17.3 Å². The average Bonchev–Trinajstić information content (AvgIpc) is 2.27. The average molecular weight is 233 g/mol. The van der Waals surface area contributed by atoms with Gasteiger partial charge in [0.05, 0.1) is 13.7 Å². The molecule has 3 N–H and O–H groups in total. The molecule has 1 rings (SSSR count). The number of methoxy groups -OCH3 is 1. The van der Waals surface area contributed by atoms with E-state index in [9.17, 15) is 9.90 Å². The lowest BCUT2D eigenvalue weighted by molar-refractivity contribution is 0.0997. The van der Waals surface area contributed by atoms with Crippen LogP contribution in [0, 0.1) is 6.57 Å². The number of nitrogens with zero attached hydrogens (tertiary/aromatic N) is 2. The van der Waals surface area contributed by atoms with Crippen LogP contribution in [0.25, 0.3) is 4.85 Å². The molecule has 0 spiro atoms. The van der Waals surface area contributed by atoms with Crippen LogP contribution in [0.15, 0.2) is 17.1 Å². The molecule has 0 heterocycles. The van der Waals surface area contributed by atoms with Crippen molar-refractivity contribution < 1.29 is 14.6 Å². The quantitative estimate of drug-likeness (QED) is 0.460. The maximum absolute atomic E-state index is 11.7. The van der Waals surface area contributed by atoms with Gasteiger partial charge in [-0.3, -0.25) is 4.79 Å². The van der Waals surface area contributed by atoms with Crippen LogP contribution < -0.4 is 10.5 Å². The molecular formula is C11H11N3O3. The lowest BCUT2D eigenvalue weighted by Gasteiger charge is -2.09. The first-order chi connectivity index (χ1) is 8.01. The number of carbonyl (C=O) groups is 1. The standard InChI is InChI=1S/C11H11N3O3/c1-6(12)14-11(16)9-8(15)5-4-7(13-2)10(9)17-3/h4-5,15H,1,3H3,(H2,12,14,16). The maximum atomic E-state index is 11.7. The third kappa shape index (κ3) is 2.52. The van der Waals surface area contributed by atoms with Crippen LogP contribution in [0.2, 0.25) is 0 Å². The van der Waals surface area contributed by atoms with E-state index in [1.165, 1.54) is 26.2 Å². The van der Waals surface area contributed by atoms with E-state index in [2.05, 4.69) is 9.84 Å². The van der Waals surface area contributed by atoms with E-state index in [0.717, 1.165) is 0 Å². The van der Waals surface area contributed by atoms with Gasteiger partial charge in [-0.05, 0) is 19.1 Å². The van der Waals surface area contributed by atoms with Gasteiger partial charge in [-0.15, -0.1) is 0 Å². The monoisotopic (exact) mass is 233 g/mol. The molecule has 1 aromatic rings. The van der Waals surface area contributed by atoms with Crippen LogP contribution in [0.5, 0.6) is 11.5 Å². The zero-order valence-corrected chi connectivity index (χ0v) is 9.39. The zero-order valence-electron chi connectivity index (χ0n) is 9.39. The number of phenols is 1. The summed E-state index contributed by atoms with van der Waals surface area (Å²) in [6, 6.07) is 2.60. The molecule has 1 amide bonds. The summed E-state index contributed by atoms with van der Waals surface area (Å²) in [6.07, 6.45) is 0. The first-order valence-corrected chi connectivity index (χ1v) is 4.63. The number of aliphatic imine (C=N–C) groups is 1. The number of ether oxygens (including phenoxy) is 1. The first-order valence-electron chi connectivity index (χ1n) is 4.63. The van der Waals surface area contributed by atoms with Gasteiger partial charge in [0.25, 0.3) is 5.91 Å². The normalized spacial score (nSPS) is 10.8. The number of amides is 1. The molecule has 0 aliphatic carbocycles. The van der Waals surface area contributed by atoms with E-state index in [-0.39, 0.29) is 28.6 Å². The van der Waals surface area contributed by atoms with Crippen molar-refractivity contribution in [2.24, 2.45) is 10.7 Å². The van der Waals surface area contributed by atoms with Crippen molar-refractivity contribution in [2.45, 2.75) is 6.92 Å². The second-order valence-corrected chi connectivity index (χ2v) is 3.18. The maximum Gasteiger partial charge on any atom is 0.284 e. The molecule has 0 aliphatic rings. The Morgan fingerprint density at radius 2 is 2.24 bits per heavy atom. The fourth-order valence-electron chi connectivity index (χ4n) is 1.28. The molecule has 0 saturated heterocycles. The number of rotatable bonds is 2. The van der Waals surface area contributed by atoms with Gasteiger partial charge in [-0.1, -0.05) is 0 Å². The summed E-state index contributed by atoms with van der Waals surface area (Å²) in [5.74, 6) is -0.992. The van der Waals surface area contributed by atoms with E-state index >= 15 is 0 Å². The summed E-state index contributed by atoms with van der Waals surface area (Å²) < 4.78 is 4.95. The summed E-state index contributed by atoms with van der Waals surface area (Å²) in [7, 11) is 1.30. The number of hydrogen-bond donors (Lipinski definition) is 2. The number of hydrogen-bond acceptors (Lipinski definition) is 3. The van der Waals surface area contributed by atoms with E-state index in [1.807, 2.05) is 0 Å². The summed E-state index contributed by atoms with van der Waals surface area (Å²) in [5.41, 5.74) is 5.25. The van der Waals surface area contributed by atoms with Gasteiger partial charge in [0.2, 0.25) is 5.69 Å². The highest BCUT2D eigenvalue weighted by molar-refractivity contribution is 6.07. The highest BCUT2D eigenvalue weighted by atomic mass is 16.5. The topological polar surface area (TPSA) is 89.3 Å². The molecule has 1 aromatic carbocycles. The summed E-state index contributed by atoms with van der Waals surface area (Å²) in [6.45, 7) is 8.37. The fourth-order valence-corrected chi connectivity index (χ4v) is 1.28. The fraction of sp³-hybridized carbons (Fsp3) is 0.182. The first kappa shape index (κ1) is 12.5. The second kappa shape index (κ2) is 4.99.